The van der Waals surface area contributed by atoms with E-state index in [1.807, 2.05) is 6.92 Å². The van der Waals surface area contributed by atoms with E-state index in [1.54, 1.807) is 0 Å². The fourth-order valence-electron chi connectivity index (χ4n) is 2.08. The highest BCUT2D eigenvalue weighted by Gasteiger charge is 2.42. The number of ether oxygens (including phenoxy) is 1. The molecule has 0 bridgehead atoms. The average molecular weight is 339 g/mol. The standard InChI is InChI=1S/C12H16Cl2N2O3S/c1-2-19-11-6-10(15)12(11)16-20(17,18)7-3-4-8(13)9(14)5-7/h3-5,10-12,16H,2,6,15H2,1H3. The normalized spacial score (nSPS) is 26.3. The number of hydrogen-bond donors (Lipinski definition) is 2. The molecule has 20 heavy (non-hydrogen) atoms. The highest BCUT2D eigenvalue weighted by atomic mass is 35.5. The number of rotatable bonds is 5. The van der Waals surface area contributed by atoms with Crippen LogP contribution in [0.15, 0.2) is 23.1 Å². The summed E-state index contributed by atoms with van der Waals surface area (Å²) in [5, 5.41) is 0.493. The van der Waals surface area contributed by atoms with Crippen LogP contribution in [0.1, 0.15) is 13.3 Å². The Morgan fingerprint density at radius 2 is 2.10 bits per heavy atom. The van der Waals surface area contributed by atoms with Gasteiger partial charge in [-0.15, -0.1) is 0 Å². The van der Waals surface area contributed by atoms with Crippen molar-refractivity contribution in [1.29, 1.82) is 0 Å². The van der Waals surface area contributed by atoms with Crippen molar-refractivity contribution in [2.24, 2.45) is 5.73 Å². The van der Waals surface area contributed by atoms with Crippen molar-refractivity contribution in [3.63, 3.8) is 0 Å². The summed E-state index contributed by atoms with van der Waals surface area (Å²) in [5.74, 6) is 0. The van der Waals surface area contributed by atoms with Crippen LogP contribution in [-0.2, 0) is 14.8 Å². The second-order valence-corrected chi connectivity index (χ2v) is 7.14. The minimum Gasteiger partial charge on any atom is -0.377 e. The van der Waals surface area contributed by atoms with E-state index in [4.69, 9.17) is 33.7 Å². The third kappa shape index (κ3) is 3.27. The van der Waals surface area contributed by atoms with E-state index >= 15 is 0 Å². The van der Waals surface area contributed by atoms with E-state index in [9.17, 15) is 8.42 Å². The molecule has 0 aliphatic heterocycles. The Labute approximate surface area is 128 Å². The third-order valence-corrected chi connectivity index (χ3v) is 5.44. The summed E-state index contributed by atoms with van der Waals surface area (Å²) in [7, 11) is -3.70. The van der Waals surface area contributed by atoms with E-state index in [0.717, 1.165) is 0 Å². The molecule has 5 nitrogen and oxygen atoms in total. The molecule has 1 aliphatic carbocycles. The minimum atomic E-state index is -3.70. The summed E-state index contributed by atoms with van der Waals surface area (Å²) in [4.78, 5) is 0.0567. The fraction of sp³-hybridized carbons (Fsp3) is 0.500. The van der Waals surface area contributed by atoms with Gasteiger partial charge in [-0.2, -0.15) is 0 Å². The first-order chi connectivity index (χ1) is 9.35. The van der Waals surface area contributed by atoms with Gasteiger partial charge in [-0.25, -0.2) is 13.1 Å². The highest BCUT2D eigenvalue weighted by Crippen LogP contribution is 2.27. The maximum absolute atomic E-state index is 12.3. The molecule has 3 unspecified atom stereocenters. The minimum absolute atomic E-state index is 0.0567. The van der Waals surface area contributed by atoms with Crippen LogP contribution in [0.2, 0.25) is 10.0 Å². The molecule has 1 fully saturated rings. The van der Waals surface area contributed by atoms with Gasteiger partial charge in [-0.1, -0.05) is 23.2 Å². The molecular formula is C12H16Cl2N2O3S. The van der Waals surface area contributed by atoms with Crippen molar-refractivity contribution in [3.8, 4) is 0 Å². The van der Waals surface area contributed by atoms with Crippen LogP contribution in [0.4, 0.5) is 0 Å². The van der Waals surface area contributed by atoms with Crippen LogP contribution in [0.25, 0.3) is 0 Å². The van der Waals surface area contributed by atoms with E-state index in [2.05, 4.69) is 4.72 Å². The molecule has 0 spiro atoms. The first-order valence-electron chi connectivity index (χ1n) is 6.19. The molecule has 0 saturated heterocycles. The third-order valence-electron chi connectivity index (χ3n) is 3.24. The lowest BCUT2D eigenvalue weighted by atomic mass is 9.84. The quantitative estimate of drug-likeness (QED) is 0.857. The van der Waals surface area contributed by atoms with Gasteiger partial charge in [0.15, 0.2) is 0 Å². The van der Waals surface area contributed by atoms with Crippen LogP contribution in [0.5, 0.6) is 0 Å². The number of sulfonamides is 1. The molecule has 0 heterocycles. The van der Waals surface area contributed by atoms with Gasteiger partial charge < -0.3 is 10.5 Å². The van der Waals surface area contributed by atoms with Crippen molar-refractivity contribution in [2.45, 2.75) is 36.4 Å². The molecule has 1 aromatic rings. The topological polar surface area (TPSA) is 81.4 Å². The second kappa shape index (κ2) is 6.17. The zero-order valence-electron chi connectivity index (χ0n) is 10.8. The molecule has 0 radical (unpaired) electrons. The van der Waals surface area contributed by atoms with Gasteiger partial charge in [0.25, 0.3) is 0 Å². The Morgan fingerprint density at radius 3 is 2.65 bits per heavy atom. The first kappa shape index (κ1) is 16.0. The monoisotopic (exact) mass is 338 g/mol. The molecule has 1 saturated carbocycles. The summed E-state index contributed by atoms with van der Waals surface area (Å²) in [6.45, 7) is 2.37. The maximum atomic E-state index is 12.3. The lowest BCUT2D eigenvalue weighted by Crippen LogP contribution is -2.64. The lowest BCUT2D eigenvalue weighted by Gasteiger charge is -2.42. The van der Waals surface area contributed by atoms with Gasteiger partial charge in [0.05, 0.1) is 27.1 Å². The molecule has 1 aromatic carbocycles. The summed E-state index contributed by atoms with van der Waals surface area (Å²) >= 11 is 11.6. The Hall–Kier alpha value is -0.370. The van der Waals surface area contributed by atoms with Gasteiger partial charge in [-0.3, -0.25) is 0 Å². The molecule has 3 N–H and O–H groups in total. The van der Waals surface area contributed by atoms with Crippen LogP contribution >= 0.6 is 23.2 Å². The number of nitrogens with two attached hydrogens (primary N) is 1. The van der Waals surface area contributed by atoms with Gasteiger partial charge in [0, 0.05) is 12.6 Å². The predicted molar refractivity (Wildman–Crippen MR) is 78.6 cm³/mol. The van der Waals surface area contributed by atoms with Crippen LogP contribution in [0, 0.1) is 0 Å². The summed E-state index contributed by atoms with van der Waals surface area (Å²) in [6.07, 6.45) is 0.454. The summed E-state index contributed by atoms with van der Waals surface area (Å²) < 4.78 is 32.5. The van der Waals surface area contributed by atoms with E-state index in [1.165, 1.54) is 18.2 Å². The Kier molecular flexibility index (Phi) is 4.94. The molecule has 8 heteroatoms. The highest BCUT2D eigenvalue weighted by molar-refractivity contribution is 7.89. The largest absolute Gasteiger partial charge is 0.377 e. The van der Waals surface area contributed by atoms with E-state index in [-0.39, 0.29) is 22.1 Å². The van der Waals surface area contributed by atoms with Gasteiger partial charge in [0.1, 0.15) is 0 Å². The Morgan fingerprint density at radius 1 is 1.40 bits per heavy atom. The molecule has 2 rings (SSSR count). The number of halogens is 2. The fourth-order valence-corrected chi connectivity index (χ4v) is 3.79. The Bertz CT molecular complexity index is 592. The Balaban J connectivity index is 2.16. The van der Waals surface area contributed by atoms with Crippen LogP contribution in [-0.4, -0.2) is 33.2 Å². The lowest BCUT2D eigenvalue weighted by molar-refractivity contribution is -0.0248. The molecule has 3 atom stereocenters. The van der Waals surface area contributed by atoms with Crippen molar-refractivity contribution in [2.75, 3.05) is 6.61 Å². The molecular weight excluding hydrogens is 323 g/mol. The number of nitrogens with one attached hydrogen (secondary N) is 1. The number of hydrogen-bond acceptors (Lipinski definition) is 4. The van der Waals surface area contributed by atoms with Crippen LogP contribution < -0.4 is 10.5 Å². The zero-order chi connectivity index (χ0) is 14.9. The van der Waals surface area contributed by atoms with E-state index < -0.39 is 16.1 Å². The van der Waals surface area contributed by atoms with Crippen molar-refractivity contribution < 1.29 is 13.2 Å². The van der Waals surface area contributed by atoms with Crippen molar-refractivity contribution in [3.05, 3.63) is 28.2 Å². The second-order valence-electron chi connectivity index (χ2n) is 4.62. The van der Waals surface area contributed by atoms with Crippen molar-refractivity contribution in [1.82, 2.24) is 4.72 Å². The van der Waals surface area contributed by atoms with Gasteiger partial charge in [0.2, 0.25) is 10.0 Å². The van der Waals surface area contributed by atoms with E-state index in [0.29, 0.717) is 18.1 Å². The summed E-state index contributed by atoms with van der Waals surface area (Å²) in [5.41, 5.74) is 5.83. The van der Waals surface area contributed by atoms with Gasteiger partial charge in [-0.05, 0) is 31.5 Å². The van der Waals surface area contributed by atoms with Gasteiger partial charge >= 0.3 is 0 Å². The van der Waals surface area contributed by atoms with Crippen molar-refractivity contribution >= 4 is 33.2 Å². The number of benzene rings is 1. The zero-order valence-corrected chi connectivity index (χ0v) is 13.2. The molecule has 0 amide bonds. The molecule has 112 valence electrons. The first-order valence-corrected chi connectivity index (χ1v) is 8.43. The van der Waals surface area contributed by atoms with Crippen LogP contribution in [0.3, 0.4) is 0 Å². The predicted octanol–water partition coefficient (Wildman–Crippen LogP) is 1.78. The average Bonchev–Trinajstić information content (AvgIpc) is 2.39. The SMILES string of the molecule is CCOC1CC(N)C1NS(=O)(=O)c1ccc(Cl)c(Cl)c1. The smallest absolute Gasteiger partial charge is 0.241 e. The maximum Gasteiger partial charge on any atom is 0.241 e. The summed E-state index contributed by atoms with van der Waals surface area (Å²) in [6, 6.07) is 3.49. The molecule has 1 aliphatic rings. The molecule has 0 aromatic heterocycles.